The summed E-state index contributed by atoms with van der Waals surface area (Å²) in [5, 5.41) is 15.2. The van der Waals surface area contributed by atoms with Crippen LogP contribution in [0.25, 0.3) is 0 Å². The number of rotatable bonds is 6. The molecule has 2 rings (SSSR count). The van der Waals surface area contributed by atoms with E-state index in [0.29, 0.717) is 11.7 Å². The number of carboxylic acid groups (broad SMARTS) is 1. The molecule has 0 amide bonds. The van der Waals surface area contributed by atoms with Gasteiger partial charge >= 0.3 is 11.7 Å². The van der Waals surface area contributed by atoms with Crippen LogP contribution in [-0.4, -0.2) is 44.3 Å². The van der Waals surface area contributed by atoms with Gasteiger partial charge in [0.05, 0.1) is 11.9 Å². The lowest BCUT2D eigenvalue weighted by Gasteiger charge is -2.22. The Kier molecular flexibility index (Phi) is 5.03. The lowest BCUT2D eigenvalue weighted by atomic mass is 10.1. The summed E-state index contributed by atoms with van der Waals surface area (Å²) < 4.78 is 7.09. The van der Waals surface area contributed by atoms with Gasteiger partial charge in [0.2, 0.25) is 0 Å². The second-order valence-electron chi connectivity index (χ2n) is 4.42. The highest BCUT2D eigenvalue weighted by Gasteiger charge is 2.16. The number of aromatic amines is 1. The molecule has 106 valence electrons. The van der Waals surface area contributed by atoms with Crippen LogP contribution in [0, 0.1) is 0 Å². The molecule has 0 aromatic carbocycles. The molecular formula is C11H17N3O4S. The van der Waals surface area contributed by atoms with Gasteiger partial charge in [-0.2, -0.15) is 0 Å². The number of H-pyrrole nitrogens is 1. The van der Waals surface area contributed by atoms with Crippen molar-refractivity contribution < 1.29 is 14.6 Å². The normalized spacial score (nSPS) is 19.5. The molecule has 0 spiro atoms. The van der Waals surface area contributed by atoms with Crippen molar-refractivity contribution in [3.05, 3.63) is 10.5 Å². The number of nitrogens with one attached hydrogen (secondary N) is 1. The Bertz CT molecular complexity index is 479. The van der Waals surface area contributed by atoms with Crippen LogP contribution in [0.3, 0.4) is 0 Å². The fraction of sp³-hybridized carbons (Fsp3) is 0.727. The smallest absolute Gasteiger partial charge is 0.343 e. The summed E-state index contributed by atoms with van der Waals surface area (Å²) >= 11 is 1.04. The number of carbonyl (C=O) groups is 1. The summed E-state index contributed by atoms with van der Waals surface area (Å²) in [5.74, 6) is -1.04. The van der Waals surface area contributed by atoms with E-state index >= 15 is 0 Å². The van der Waals surface area contributed by atoms with Gasteiger partial charge in [-0.05, 0) is 25.7 Å². The van der Waals surface area contributed by atoms with Crippen molar-refractivity contribution in [1.82, 2.24) is 14.8 Å². The van der Waals surface area contributed by atoms with Gasteiger partial charge in [-0.25, -0.2) is 9.89 Å². The van der Waals surface area contributed by atoms with Crippen molar-refractivity contribution >= 4 is 17.7 Å². The van der Waals surface area contributed by atoms with Crippen LogP contribution >= 0.6 is 11.8 Å². The first kappa shape index (κ1) is 14.1. The molecule has 1 aliphatic heterocycles. The number of hydrogen-bond donors (Lipinski definition) is 2. The summed E-state index contributed by atoms with van der Waals surface area (Å²) in [7, 11) is 0. The van der Waals surface area contributed by atoms with Crippen molar-refractivity contribution in [2.45, 2.75) is 43.5 Å². The third kappa shape index (κ3) is 4.10. The Hall–Kier alpha value is -1.28. The van der Waals surface area contributed by atoms with Crippen molar-refractivity contribution in [3.63, 3.8) is 0 Å². The number of nitrogens with zero attached hydrogens (tertiary/aromatic N) is 2. The van der Waals surface area contributed by atoms with E-state index in [0.717, 1.165) is 44.1 Å². The van der Waals surface area contributed by atoms with E-state index in [1.54, 1.807) is 0 Å². The van der Waals surface area contributed by atoms with E-state index in [2.05, 4.69) is 10.2 Å². The molecule has 19 heavy (non-hydrogen) atoms. The zero-order chi connectivity index (χ0) is 13.7. The highest BCUT2D eigenvalue weighted by molar-refractivity contribution is 7.99. The zero-order valence-corrected chi connectivity index (χ0v) is 11.3. The Balaban J connectivity index is 1.92. The van der Waals surface area contributed by atoms with E-state index in [1.165, 1.54) is 4.57 Å². The van der Waals surface area contributed by atoms with Crippen LogP contribution in [0.15, 0.2) is 9.95 Å². The molecule has 0 aliphatic carbocycles. The van der Waals surface area contributed by atoms with Crippen LogP contribution in [0.1, 0.15) is 25.7 Å². The number of thioether (sulfide) groups is 1. The second-order valence-corrected chi connectivity index (χ2v) is 5.37. The summed E-state index contributed by atoms with van der Waals surface area (Å²) in [6, 6.07) is 0. The lowest BCUT2D eigenvalue weighted by molar-refractivity contribution is -0.133. The van der Waals surface area contributed by atoms with E-state index in [1.807, 2.05) is 0 Å². The maximum Gasteiger partial charge on any atom is 0.343 e. The SMILES string of the molecule is O=C(O)CSc1n[nH]c(=O)n1CCC1CCCCO1. The fourth-order valence-corrected chi connectivity index (χ4v) is 2.74. The maximum atomic E-state index is 11.6. The molecule has 1 aromatic heterocycles. The van der Waals surface area contributed by atoms with Gasteiger partial charge in [0, 0.05) is 13.2 Å². The molecule has 1 atom stereocenters. The highest BCUT2D eigenvalue weighted by Crippen LogP contribution is 2.18. The minimum Gasteiger partial charge on any atom is -0.481 e. The number of carboxylic acids is 1. The molecule has 8 heteroatoms. The third-order valence-corrected chi connectivity index (χ3v) is 3.96. The molecule has 1 saturated heterocycles. The van der Waals surface area contributed by atoms with E-state index in [9.17, 15) is 9.59 Å². The van der Waals surface area contributed by atoms with Gasteiger partial charge in [0.1, 0.15) is 0 Å². The molecule has 0 bridgehead atoms. The largest absolute Gasteiger partial charge is 0.481 e. The fourth-order valence-electron chi connectivity index (χ4n) is 2.05. The van der Waals surface area contributed by atoms with Gasteiger partial charge in [0.15, 0.2) is 5.16 Å². The Morgan fingerprint density at radius 1 is 1.58 bits per heavy atom. The number of ether oxygens (including phenoxy) is 1. The summed E-state index contributed by atoms with van der Waals surface area (Å²) in [4.78, 5) is 22.1. The Morgan fingerprint density at radius 2 is 2.42 bits per heavy atom. The summed E-state index contributed by atoms with van der Waals surface area (Å²) in [6.07, 6.45) is 4.21. The van der Waals surface area contributed by atoms with Crippen LogP contribution in [0.2, 0.25) is 0 Å². The average Bonchev–Trinajstić information content (AvgIpc) is 2.76. The minimum atomic E-state index is -0.928. The topological polar surface area (TPSA) is 97.2 Å². The molecule has 0 saturated carbocycles. The van der Waals surface area contributed by atoms with Gasteiger partial charge in [0.25, 0.3) is 0 Å². The van der Waals surface area contributed by atoms with E-state index in [4.69, 9.17) is 9.84 Å². The lowest BCUT2D eigenvalue weighted by Crippen LogP contribution is -2.24. The van der Waals surface area contributed by atoms with Crippen molar-refractivity contribution in [3.8, 4) is 0 Å². The van der Waals surface area contributed by atoms with Crippen LogP contribution in [0.5, 0.6) is 0 Å². The van der Waals surface area contributed by atoms with Crippen molar-refractivity contribution in [2.75, 3.05) is 12.4 Å². The van der Waals surface area contributed by atoms with Crippen molar-refractivity contribution in [1.29, 1.82) is 0 Å². The standard InChI is InChI=1S/C11H17N3O4S/c15-9(16)7-19-11-13-12-10(17)14(11)5-4-8-3-1-2-6-18-8/h8H,1-7H2,(H,12,17)(H,15,16). The highest BCUT2D eigenvalue weighted by atomic mass is 32.2. The molecule has 1 aromatic rings. The average molecular weight is 287 g/mol. The molecule has 0 radical (unpaired) electrons. The first-order valence-corrected chi connectivity index (χ1v) is 7.27. The van der Waals surface area contributed by atoms with Gasteiger partial charge < -0.3 is 9.84 Å². The predicted octanol–water partition coefficient (Wildman–Crippen LogP) is 0.707. The second kappa shape index (κ2) is 6.76. The van der Waals surface area contributed by atoms with Crippen LogP contribution in [-0.2, 0) is 16.1 Å². The van der Waals surface area contributed by atoms with E-state index in [-0.39, 0.29) is 17.5 Å². The van der Waals surface area contributed by atoms with Crippen LogP contribution < -0.4 is 5.69 Å². The first-order chi connectivity index (χ1) is 9.16. The molecule has 1 unspecified atom stereocenters. The van der Waals surface area contributed by atoms with Gasteiger partial charge in [-0.15, -0.1) is 5.10 Å². The van der Waals surface area contributed by atoms with Gasteiger partial charge in [-0.1, -0.05) is 11.8 Å². The number of aromatic nitrogens is 3. The molecule has 2 heterocycles. The predicted molar refractivity (Wildman–Crippen MR) is 69.4 cm³/mol. The minimum absolute atomic E-state index is 0.107. The quantitative estimate of drug-likeness (QED) is 0.748. The summed E-state index contributed by atoms with van der Waals surface area (Å²) in [6.45, 7) is 1.29. The monoisotopic (exact) mass is 287 g/mol. The van der Waals surface area contributed by atoms with E-state index < -0.39 is 5.97 Å². The summed E-state index contributed by atoms with van der Waals surface area (Å²) in [5.41, 5.74) is -0.302. The third-order valence-electron chi connectivity index (χ3n) is 3.00. The van der Waals surface area contributed by atoms with Gasteiger partial charge in [-0.3, -0.25) is 9.36 Å². The Labute approximate surface area is 114 Å². The number of aliphatic carboxylic acids is 1. The maximum absolute atomic E-state index is 11.6. The van der Waals surface area contributed by atoms with Crippen LogP contribution in [0.4, 0.5) is 0 Å². The first-order valence-electron chi connectivity index (χ1n) is 6.28. The number of hydrogen-bond acceptors (Lipinski definition) is 5. The molecule has 2 N–H and O–H groups in total. The molecular weight excluding hydrogens is 270 g/mol. The Morgan fingerprint density at radius 3 is 3.11 bits per heavy atom. The molecule has 7 nitrogen and oxygen atoms in total. The zero-order valence-electron chi connectivity index (χ0n) is 10.5. The van der Waals surface area contributed by atoms with Crippen molar-refractivity contribution in [2.24, 2.45) is 0 Å². The molecule has 1 fully saturated rings. The molecule has 1 aliphatic rings.